The molecule has 2 saturated heterocycles. The Hall–Kier alpha value is -1.34. The molecule has 6 nitrogen and oxygen atoms in total. The fourth-order valence-electron chi connectivity index (χ4n) is 7.40. The van der Waals surface area contributed by atoms with E-state index >= 15 is 0 Å². The average molecular weight is 416 g/mol. The van der Waals surface area contributed by atoms with E-state index in [9.17, 15) is 0 Å². The standard InChI is InChI=1S/C24H33NO5/c1-4-5-13-28-17-7-6-16-15-18-23-8-9-24(26-2,27-3)21-22(23,19(16)20(17)30-21)10-11-25(18)12-14-29-23/h6-7,18,21H,4-5,8-15H2,1-3H3/t18-,21-,22+,23-/m1/s1. The zero-order valence-electron chi connectivity index (χ0n) is 18.4. The van der Waals surface area contributed by atoms with Crippen LogP contribution in [0.1, 0.15) is 50.2 Å². The second-order valence-corrected chi connectivity index (χ2v) is 9.56. The first kappa shape index (κ1) is 19.4. The van der Waals surface area contributed by atoms with Crippen LogP contribution in [0.3, 0.4) is 0 Å². The maximum atomic E-state index is 6.85. The van der Waals surface area contributed by atoms with E-state index in [0.29, 0.717) is 12.6 Å². The van der Waals surface area contributed by atoms with Crippen molar-refractivity contribution in [1.82, 2.24) is 4.90 Å². The number of rotatable bonds is 6. The third-order valence-electron chi connectivity index (χ3n) is 8.71. The molecule has 1 aromatic carbocycles. The summed E-state index contributed by atoms with van der Waals surface area (Å²) in [5.41, 5.74) is 2.20. The van der Waals surface area contributed by atoms with E-state index < -0.39 is 5.79 Å². The molecule has 1 saturated carbocycles. The molecule has 5 atom stereocenters. The van der Waals surface area contributed by atoms with Gasteiger partial charge in [-0.3, -0.25) is 4.90 Å². The molecule has 0 aromatic heterocycles. The van der Waals surface area contributed by atoms with E-state index in [0.717, 1.165) is 69.7 Å². The summed E-state index contributed by atoms with van der Waals surface area (Å²) in [6.45, 7) is 5.77. The molecule has 0 amide bonds. The average Bonchev–Trinajstić information content (AvgIpc) is 3.12. The summed E-state index contributed by atoms with van der Waals surface area (Å²) >= 11 is 0. The minimum Gasteiger partial charge on any atom is -0.490 e. The summed E-state index contributed by atoms with van der Waals surface area (Å²) in [4.78, 5) is 2.66. The van der Waals surface area contributed by atoms with Crippen LogP contribution in [0.15, 0.2) is 12.1 Å². The van der Waals surface area contributed by atoms with Gasteiger partial charge in [0.1, 0.15) is 0 Å². The SMILES string of the molecule is CCCCOc1ccc2c3c1O[C@H]1C(OC)(OC)CC[C@]45OCCN(CC[C@]314)[C@@H]5C2. The van der Waals surface area contributed by atoms with Gasteiger partial charge in [0.25, 0.3) is 0 Å². The minimum atomic E-state index is -0.771. The largest absolute Gasteiger partial charge is 0.490 e. The van der Waals surface area contributed by atoms with Gasteiger partial charge in [-0.2, -0.15) is 0 Å². The van der Waals surface area contributed by atoms with Gasteiger partial charge < -0.3 is 23.7 Å². The number of hydrogen-bond acceptors (Lipinski definition) is 6. The first-order valence-corrected chi connectivity index (χ1v) is 11.6. The van der Waals surface area contributed by atoms with Crippen LogP contribution < -0.4 is 9.47 Å². The van der Waals surface area contributed by atoms with Gasteiger partial charge >= 0.3 is 0 Å². The number of hydrogen-bond donors (Lipinski definition) is 0. The summed E-state index contributed by atoms with van der Waals surface area (Å²) in [7, 11) is 3.50. The molecular formula is C24H33NO5. The molecule has 3 aliphatic heterocycles. The molecule has 3 fully saturated rings. The Morgan fingerprint density at radius 3 is 2.80 bits per heavy atom. The molecule has 6 rings (SSSR count). The quantitative estimate of drug-likeness (QED) is 0.526. The Balaban J connectivity index is 1.57. The first-order valence-electron chi connectivity index (χ1n) is 11.6. The molecule has 164 valence electrons. The summed E-state index contributed by atoms with van der Waals surface area (Å²) in [5.74, 6) is 1.00. The van der Waals surface area contributed by atoms with Crippen LogP contribution in [-0.4, -0.2) is 69.0 Å². The topological polar surface area (TPSA) is 49.4 Å². The van der Waals surface area contributed by atoms with E-state index in [4.69, 9.17) is 23.7 Å². The first-order chi connectivity index (χ1) is 14.7. The zero-order chi connectivity index (χ0) is 20.6. The lowest BCUT2D eigenvalue weighted by atomic mass is 9.47. The van der Waals surface area contributed by atoms with Crippen LogP contribution in [-0.2, 0) is 26.0 Å². The molecule has 0 N–H and O–H groups in total. The van der Waals surface area contributed by atoms with Crippen molar-refractivity contribution in [3.8, 4) is 11.5 Å². The second-order valence-electron chi connectivity index (χ2n) is 9.56. The number of ether oxygens (including phenoxy) is 5. The lowest BCUT2D eigenvalue weighted by Crippen LogP contribution is -2.82. The van der Waals surface area contributed by atoms with E-state index in [1.807, 2.05) is 0 Å². The molecule has 4 bridgehead atoms. The van der Waals surface area contributed by atoms with Gasteiger partial charge in [0.05, 0.1) is 24.2 Å². The van der Waals surface area contributed by atoms with Crippen molar-refractivity contribution in [1.29, 1.82) is 0 Å². The van der Waals surface area contributed by atoms with Crippen LogP contribution in [0, 0.1) is 0 Å². The van der Waals surface area contributed by atoms with Crippen LogP contribution in [0.5, 0.6) is 11.5 Å². The molecule has 2 aliphatic carbocycles. The smallest absolute Gasteiger partial charge is 0.206 e. The van der Waals surface area contributed by atoms with Crippen molar-refractivity contribution in [2.45, 2.75) is 74.4 Å². The summed E-state index contributed by atoms with van der Waals surface area (Å²) in [6.07, 6.45) is 5.63. The predicted octanol–water partition coefficient (Wildman–Crippen LogP) is 3.05. The Bertz CT molecular complexity index is 854. The van der Waals surface area contributed by atoms with E-state index in [-0.39, 0.29) is 17.1 Å². The molecule has 5 aliphatic rings. The van der Waals surface area contributed by atoms with Crippen molar-refractivity contribution in [2.75, 3.05) is 40.5 Å². The number of piperidine rings is 1. The van der Waals surface area contributed by atoms with Crippen LogP contribution in [0.2, 0.25) is 0 Å². The third kappa shape index (κ3) is 2.09. The molecule has 6 heteroatoms. The van der Waals surface area contributed by atoms with E-state index in [1.165, 1.54) is 11.1 Å². The zero-order valence-corrected chi connectivity index (χ0v) is 18.4. The highest BCUT2D eigenvalue weighted by Crippen LogP contribution is 2.69. The van der Waals surface area contributed by atoms with Gasteiger partial charge in [0.15, 0.2) is 17.6 Å². The minimum absolute atomic E-state index is 0.235. The van der Waals surface area contributed by atoms with Gasteiger partial charge in [0, 0.05) is 38.8 Å². The number of nitrogens with zero attached hydrogens (tertiary/aromatic N) is 1. The maximum absolute atomic E-state index is 6.85. The lowest BCUT2D eigenvalue weighted by Gasteiger charge is -2.68. The summed E-state index contributed by atoms with van der Waals surface area (Å²) < 4.78 is 32.1. The van der Waals surface area contributed by atoms with Crippen LogP contribution in [0.25, 0.3) is 0 Å². The van der Waals surface area contributed by atoms with Gasteiger partial charge in [-0.1, -0.05) is 19.4 Å². The van der Waals surface area contributed by atoms with Crippen LogP contribution >= 0.6 is 0 Å². The lowest BCUT2D eigenvalue weighted by molar-refractivity contribution is -0.336. The van der Waals surface area contributed by atoms with Gasteiger partial charge in [0.2, 0.25) is 5.79 Å². The molecule has 0 radical (unpaired) electrons. The Morgan fingerprint density at radius 2 is 2.00 bits per heavy atom. The molecule has 3 heterocycles. The maximum Gasteiger partial charge on any atom is 0.206 e. The predicted molar refractivity (Wildman–Crippen MR) is 111 cm³/mol. The van der Waals surface area contributed by atoms with Crippen molar-refractivity contribution < 1.29 is 23.7 Å². The fourth-order valence-corrected chi connectivity index (χ4v) is 7.40. The highest BCUT2D eigenvalue weighted by atomic mass is 16.7. The van der Waals surface area contributed by atoms with Gasteiger partial charge in [-0.15, -0.1) is 0 Å². The number of unbranched alkanes of at least 4 members (excludes halogenated alkanes) is 1. The van der Waals surface area contributed by atoms with Gasteiger partial charge in [-0.05, 0) is 43.9 Å². The van der Waals surface area contributed by atoms with Crippen LogP contribution in [0.4, 0.5) is 0 Å². The fraction of sp³-hybridized carbons (Fsp3) is 0.750. The monoisotopic (exact) mass is 415 g/mol. The van der Waals surface area contributed by atoms with Crippen molar-refractivity contribution in [3.05, 3.63) is 23.3 Å². The molecule has 2 spiro atoms. The number of morpholine rings is 1. The Morgan fingerprint density at radius 1 is 1.13 bits per heavy atom. The number of benzene rings is 1. The Labute approximate surface area is 178 Å². The van der Waals surface area contributed by atoms with Crippen molar-refractivity contribution >= 4 is 0 Å². The molecule has 1 unspecified atom stereocenters. The third-order valence-corrected chi connectivity index (χ3v) is 8.71. The molecule has 1 aromatic rings. The van der Waals surface area contributed by atoms with Crippen molar-refractivity contribution in [3.63, 3.8) is 0 Å². The number of methoxy groups -OCH3 is 2. The van der Waals surface area contributed by atoms with Crippen molar-refractivity contribution in [2.24, 2.45) is 0 Å². The Kier molecular flexibility index (Phi) is 4.24. The van der Waals surface area contributed by atoms with E-state index in [2.05, 4.69) is 24.0 Å². The summed E-state index contributed by atoms with van der Waals surface area (Å²) in [6, 6.07) is 4.77. The summed E-state index contributed by atoms with van der Waals surface area (Å²) in [5, 5.41) is 0. The van der Waals surface area contributed by atoms with Gasteiger partial charge in [-0.25, -0.2) is 0 Å². The molecular weight excluding hydrogens is 382 g/mol. The highest BCUT2D eigenvalue weighted by molar-refractivity contribution is 5.63. The normalized spacial score (nSPS) is 39.2. The molecule has 30 heavy (non-hydrogen) atoms. The van der Waals surface area contributed by atoms with E-state index in [1.54, 1.807) is 14.2 Å². The highest BCUT2D eigenvalue weighted by Gasteiger charge is 2.78. The second kappa shape index (κ2) is 6.58.